The van der Waals surface area contributed by atoms with Gasteiger partial charge in [0.25, 0.3) is 5.56 Å². The van der Waals surface area contributed by atoms with Gasteiger partial charge in [-0.1, -0.05) is 12.1 Å². The SMILES string of the molecule is Cn1c(=O)c2/c(n(C)c1=O)=N\C=c1\c(=O)c3ccccc3o\c1=N\C=2. The lowest BCUT2D eigenvalue weighted by Gasteiger charge is -2.03. The highest BCUT2D eigenvalue weighted by Gasteiger charge is 2.09. The first kappa shape index (κ1) is 15.0. The van der Waals surface area contributed by atoms with Gasteiger partial charge in [-0.2, -0.15) is 0 Å². The van der Waals surface area contributed by atoms with E-state index in [-0.39, 0.29) is 26.9 Å². The van der Waals surface area contributed by atoms with Gasteiger partial charge in [-0.15, -0.1) is 0 Å². The number of hydrogen-bond donors (Lipinski definition) is 0. The topological polar surface area (TPSA) is 98.9 Å². The number of aromatic nitrogens is 2. The van der Waals surface area contributed by atoms with Crippen molar-refractivity contribution in [3.8, 4) is 0 Å². The summed E-state index contributed by atoms with van der Waals surface area (Å²) in [4.78, 5) is 45.4. The Hall–Kier alpha value is -3.55. The average Bonchev–Trinajstić information content (AvgIpc) is 2.60. The first-order valence-corrected chi connectivity index (χ1v) is 7.43. The molecule has 0 unspecified atom stereocenters. The molecule has 0 spiro atoms. The van der Waals surface area contributed by atoms with Gasteiger partial charge >= 0.3 is 5.69 Å². The third-order valence-electron chi connectivity index (χ3n) is 4.11. The summed E-state index contributed by atoms with van der Waals surface area (Å²) in [7, 11) is 2.88. The smallest absolute Gasteiger partial charge is 0.332 e. The molecule has 8 nitrogen and oxygen atoms in total. The summed E-state index contributed by atoms with van der Waals surface area (Å²) in [6, 6.07) is 6.80. The van der Waals surface area contributed by atoms with Crippen LogP contribution in [0.5, 0.6) is 0 Å². The molecule has 3 aromatic rings. The second kappa shape index (κ2) is 5.23. The van der Waals surface area contributed by atoms with Gasteiger partial charge in [0.2, 0.25) is 11.0 Å². The summed E-state index contributed by atoms with van der Waals surface area (Å²) in [5.41, 5.74) is -0.726. The minimum atomic E-state index is -0.523. The molecule has 0 radical (unpaired) electrons. The van der Waals surface area contributed by atoms with Gasteiger partial charge in [0.1, 0.15) is 16.0 Å². The maximum absolute atomic E-state index is 12.7. The maximum Gasteiger partial charge on any atom is 0.332 e. The molecule has 2 aromatic heterocycles. The van der Waals surface area contributed by atoms with Gasteiger partial charge in [0.15, 0.2) is 5.49 Å². The number of hydrogen-bond acceptors (Lipinski definition) is 6. The Morgan fingerprint density at radius 3 is 2.44 bits per heavy atom. The molecule has 0 amide bonds. The van der Waals surface area contributed by atoms with Crippen LogP contribution in [0.25, 0.3) is 23.4 Å². The number of para-hydroxylation sites is 1. The molecule has 8 heteroatoms. The van der Waals surface area contributed by atoms with Crippen molar-refractivity contribution in [3.63, 3.8) is 0 Å². The lowest BCUT2D eigenvalue weighted by molar-refractivity contribution is 0.537. The monoisotopic (exact) mass is 336 g/mol. The molecule has 1 aliphatic heterocycles. The lowest BCUT2D eigenvalue weighted by Crippen LogP contribution is -2.57. The highest BCUT2D eigenvalue weighted by atomic mass is 16.3. The van der Waals surface area contributed by atoms with Crippen molar-refractivity contribution in [1.82, 2.24) is 9.13 Å². The second-order valence-corrected chi connectivity index (χ2v) is 5.61. The second-order valence-electron chi connectivity index (χ2n) is 5.61. The minimum Gasteiger partial charge on any atom is -0.437 e. The van der Waals surface area contributed by atoms with E-state index in [4.69, 9.17) is 4.42 Å². The molecule has 3 heterocycles. The van der Waals surface area contributed by atoms with E-state index >= 15 is 0 Å². The van der Waals surface area contributed by atoms with E-state index in [0.29, 0.717) is 11.0 Å². The largest absolute Gasteiger partial charge is 0.437 e. The van der Waals surface area contributed by atoms with Crippen molar-refractivity contribution in [1.29, 1.82) is 0 Å². The summed E-state index contributed by atoms with van der Waals surface area (Å²) in [5.74, 6) is 0. The van der Waals surface area contributed by atoms with Crippen LogP contribution in [-0.4, -0.2) is 9.13 Å². The van der Waals surface area contributed by atoms with Crippen LogP contribution in [-0.2, 0) is 14.1 Å². The Morgan fingerprint density at radius 2 is 1.64 bits per heavy atom. The molecule has 4 rings (SSSR count). The molecule has 25 heavy (non-hydrogen) atoms. The average molecular weight is 336 g/mol. The van der Waals surface area contributed by atoms with Crippen LogP contribution >= 0.6 is 0 Å². The van der Waals surface area contributed by atoms with Gasteiger partial charge in [-0.25, -0.2) is 14.8 Å². The molecule has 1 aliphatic rings. The zero-order valence-electron chi connectivity index (χ0n) is 13.4. The number of nitrogens with zero attached hydrogens (tertiary/aromatic N) is 4. The van der Waals surface area contributed by atoms with Crippen molar-refractivity contribution in [2.75, 3.05) is 0 Å². The Kier molecular flexibility index (Phi) is 3.14. The van der Waals surface area contributed by atoms with Gasteiger partial charge < -0.3 is 4.42 Å². The fraction of sp³-hybridized carbons (Fsp3) is 0.118. The first-order chi connectivity index (χ1) is 12.0. The first-order valence-electron chi connectivity index (χ1n) is 7.43. The predicted molar refractivity (Wildman–Crippen MR) is 89.9 cm³/mol. The Balaban J connectivity index is 2.28. The summed E-state index contributed by atoms with van der Waals surface area (Å²) in [6.07, 6.45) is 2.55. The third-order valence-corrected chi connectivity index (χ3v) is 4.11. The Bertz CT molecular complexity index is 1470. The quantitative estimate of drug-likeness (QED) is 0.458. The summed E-state index contributed by atoms with van der Waals surface area (Å²) >= 11 is 0. The molecule has 0 bridgehead atoms. The van der Waals surface area contributed by atoms with Crippen LogP contribution in [0, 0.1) is 0 Å². The van der Waals surface area contributed by atoms with Crippen LogP contribution in [0.1, 0.15) is 0 Å². The third kappa shape index (κ3) is 2.11. The van der Waals surface area contributed by atoms with E-state index < -0.39 is 11.2 Å². The van der Waals surface area contributed by atoms with Crippen molar-refractivity contribution in [2.45, 2.75) is 0 Å². The zero-order chi connectivity index (χ0) is 17.7. The van der Waals surface area contributed by atoms with Gasteiger partial charge in [0, 0.05) is 26.5 Å². The van der Waals surface area contributed by atoms with Crippen molar-refractivity contribution < 1.29 is 4.42 Å². The van der Waals surface area contributed by atoms with Crippen LogP contribution in [0.4, 0.5) is 0 Å². The van der Waals surface area contributed by atoms with Crippen LogP contribution in [0.3, 0.4) is 0 Å². The van der Waals surface area contributed by atoms with E-state index in [1.54, 1.807) is 24.3 Å². The normalized spacial score (nSPS) is 18.0. The summed E-state index contributed by atoms with van der Waals surface area (Å²) < 4.78 is 7.87. The molecule has 0 aliphatic carbocycles. The molecular formula is C17H12N4O4. The predicted octanol–water partition coefficient (Wildman–Crippen LogP) is -2.38. The van der Waals surface area contributed by atoms with Gasteiger partial charge in [0.05, 0.1) is 5.39 Å². The number of rotatable bonds is 0. The number of fused-ring (bicyclic) bond motifs is 3. The fourth-order valence-corrected chi connectivity index (χ4v) is 2.73. The molecule has 0 atom stereocenters. The van der Waals surface area contributed by atoms with Crippen LogP contribution < -0.4 is 38.2 Å². The van der Waals surface area contributed by atoms with E-state index in [9.17, 15) is 14.4 Å². The van der Waals surface area contributed by atoms with E-state index in [0.717, 1.165) is 4.57 Å². The minimum absolute atomic E-state index is 0.0639. The van der Waals surface area contributed by atoms with Crippen molar-refractivity contribution >= 4 is 23.4 Å². The van der Waals surface area contributed by atoms with E-state index in [1.165, 1.54) is 31.1 Å². The molecule has 124 valence electrons. The molecule has 0 N–H and O–H groups in total. The van der Waals surface area contributed by atoms with Gasteiger partial charge in [-0.3, -0.25) is 18.7 Å². The van der Waals surface area contributed by atoms with Crippen molar-refractivity contribution in [3.05, 3.63) is 76.8 Å². The highest BCUT2D eigenvalue weighted by Crippen LogP contribution is 2.04. The molecule has 0 fully saturated rings. The van der Waals surface area contributed by atoms with E-state index in [1.807, 2.05) is 0 Å². The Morgan fingerprint density at radius 1 is 0.920 bits per heavy atom. The molecule has 0 saturated heterocycles. The molecule has 0 saturated carbocycles. The highest BCUT2D eigenvalue weighted by molar-refractivity contribution is 5.76. The summed E-state index contributed by atoms with van der Waals surface area (Å²) in [6.45, 7) is 0. The van der Waals surface area contributed by atoms with Crippen LogP contribution in [0.2, 0.25) is 0 Å². The standard InChI is InChI=1S/C17H12N4O4/c1-20-14-11(16(23)21(2)17(20)24)8-19-15-10(7-18-14)13(22)9-5-3-4-6-12(9)25-15/h3-8H,1-2H3/b10-7-,11-8+,18-7?,18-14+,19-8?,19-15+. The number of benzene rings is 1. The molecule has 1 aromatic carbocycles. The van der Waals surface area contributed by atoms with Crippen molar-refractivity contribution in [2.24, 2.45) is 24.1 Å². The zero-order valence-corrected chi connectivity index (χ0v) is 13.4. The maximum atomic E-state index is 12.7. The molecular weight excluding hydrogens is 324 g/mol. The summed E-state index contributed by atoms with van der Waals surface area (Å²) in [5, 5.41) is 0.706. The lowest BCUT2D eigenvalue weighted by atomic mass is 10.2. The van der Waals surface area contributed by atoms with E-state index in [2.05, 4.69) is 9.98 Å². The van der Waals surface area contributed by atoms with Gasteiger partial charge in [-0.05, 0) is 12.1 Å². The van der Waals surface area contributed by atoms with Crippen LogP contribution in [0.15, 0.2) is 53.1 Å². The fourth-order valence-electron chi connectivity index (χ4n) is 2.73. The Labute approximate surface area is 138 Å².